The molecule has 0 fully saturated rings. The highest BCUT2D eigenvalue weighted by Crippen LogP contribution is 2.17. The van der Waals surface area contributed by atoms with Crippen molar-refractivity contribution >= 4 is 11.3 Å². The van der Waals surface area contributed by atoms with Crippen molar-refractivity contribution in [3.8, 4) is 0 Å². The Hall–Kier alpha value is -0.450. The third-order valence-electron chi connectivity index (χ3n) is 1.20. The summed E-state index contributed by atoms with van der Waals surface area (Å²) < 4.78 is 0. The van der Waals surface area contributed by atoms with Crippen LogP contribution >= 0.6 is 11.3 Å². The van der Waals surface area contributed by atoms with E-state index in [9.17, 15) is 0 Å². The van der Waals surface area contributed by atoms with Crippen LogP contribution < -0.4 is 5.73 Å². The van der Waals surface area contributed by atoms with Crippen LogP contribution in [-0.4, -0.2) is 16.7 Å². The van der Waals surface area contributed by atoms with Crippen LogP contribution in [0, 0.1) is 6.92 Å². The summed E-state index contributed by atoms with van der Waals surface area (Å²) in [5.41, 5.74) is 5.53. The summed E-state index contributed by atoms with van der Waals surface area (Å²) in [6.07, 6.45) is 1.71. The molecule has 0 aliphatic carbocycles. The number of aliphatic hydroxyl groups excluding tert-OH is 1. The minimum absolute atomic E-state index is 0.0123. The highest BCUT2D eigenvalue weighted by Gasteiger charge is 2.06. The number of hydrogen-bond donors (Lipinski definition) is 2. The smallest absolute Gasteiger partial charge is 0.0897 e. The van der Waals surface area contributed by atoms with Gasteiger partial charge in [-0.1, -0.05) is 0 Å². The number of hydrogen-bond acceptors (Lipinski definition) is 4. The maximum atomic E-state index is 8.65. The monoisotopic (exact) mass is 158 g/mol. The van der Waals surface area contributed by atoms with Gasteiger partial charge in [0.05, 0.1) is 17.7 Å². The van der Waals surface area contributed by atoms with E-state index in [1.54, 1.807) is 6.20 Å². The minimum atomic E-state index is -0.258. The topological polar surface area (TPSA) is 59.1 Å². The van der Waals surface area contributed by atoms with Crippen molar-refractivity contribution in [3.63, 3.8) is 0 Å². The van der Waals surface area contributed by atoms with Crippen LogP contribution in [0.4, 0.5) is 0 Å². The fraction of sp³-hybridized carbons (Fsp3) is 0.500. The quantitative estimate of drug-likeness (QED) is 0.656. The molecule has 0 radical (unpaired) electrons. The molecule has 0 bridgehead atoms. The van der Waals surface area contributed by atoms with Gasteiger partial charge in [-0.2, -0.15) is 0 Å². The summed E-state index contributed by atoms with van der Waals surface area (Å²) >= 11 is 1.52. The molecule has 0 aromatic carbocycles. The first-order valence-electron chi connectivity index (χ1n) is 3.03. The SMILES string of the molecule is Cc1ncc([C@H](N)CO)s1. The zero-order valence-electron chi connectivity index (χ0n) is 5.74. The zero-order valence-corrected chi connectivity index (χ0v) is 6.56. The Balaban J connectivity index is 2.74. The van der Waals surface area contributed by atoms with Crippen molar-refractivity contribution in [2.45, 2.75) is 13.0 Å². The maximum absolute atomic E-state index is 8.65. The van der Waals surface area contributed by atoms with E-state index in [2.05, 4.69) is 4.98 Å². The molecule has 0 unspecified atom stereocenters. The van der Waals surface area contributed by atoms with Crippen LogP contribution in [0.5, 0.6) is 0 Å². The van der Waals surface area contributed by atoms with Gasteiger partial charge in [-0.3, -0.25) is 0 Å². The highest BCUT2D eigenvalue weighted by atomic mass is 32.1. The first-order chi connectivity index (χ1) is 4.74. The molecule has 10 heavy (non-hydrogen) atoms. The average Bonchev–Trinajstić information content (AvgIpc) is 2.34. The normalized spacial score (nSPS) is 13.5. The van der Waals surface area contributed by atoms with Crippen LogP contribution in [0.2, 0.25) is 0 Å². The van der Waals surface area contributed by atoms with Gasteiger partial charge in [0, 0.05) is 11.1 Å². The minimum Gasteiger partial charge on any atom is -0.394 e. The van der Waals surface area contributed by atoms with Crippen molar-refractivity contribution in [1.29, 1.82) is 0 Å². The molecule has 1 rings (SSSR count). The van der Waals surface area contributed by atoms with E-state index in [4.69, 9.17) is 10.8 Å². The summed E-state index contributed by atoms with van der Waals surface area (Å²) in [4.78, 5) is 4.96. The van der Waals surface area contributed by atoms with Gasteiger partial charge in [-0.25, -0.2) is 4.98 Å². The van der Waals surface area contributed by atoms with Crippen molar-refractivity contribution in [2.75, 3.05) is 6.61 Å². The van der Waals surface area contributed by atoms with E-state index in [1.165, 1.54) is 11.3 Å². The lowest BCUT2D eigenvalue weighted by atomic mass is 10.3. The third kappa shape index (κ3) is 1.53. The number of aromatic nitrogens is 1. The predicted octanol–water partition coefficient (Wildman–Crippen LogP) is 0.444. The van der Waals surface area contributed by atoms with Crippen molar-refractivity contribution in [2.24, 2.45) is 5.73 Å². The summed E-state index contributed by atoms with van der Waals surface area (Å²) in [5, 5.41) is 9.64. The van der Waals surface area contributed by atoms with E-state index >= 15 is 0 Å². The summed E-state index contributed by atoms with van der Waals surface area (Å²) in [6, 6.07) is -0.258. The molecule has 0 spiro atoms. The Morgan fingerprint density at radius 1 is 1.90 bits per heavy atom. The number of aryl methyl sites for hydroxylation is 1. The molecule has 0 amide bonds. The molecule has 1 heterocycles. The van der Waals surface area contributed by atoms with E-state index in [-0.39, 0.29) is 12.6 Å². The second-order valence-electron chi connectivity index (χ2n) is 2.07. The fourth-order valence-electron chi connectivity index (χ4n) is 0.639. The van der Waals surface area contributed by atoms with Gasteiger partial charge in [-0.15, -0.1) is 11.3 Å². The van der Waals surface area contributed by atoms with Crippen LogP contribution in [0.3, 0.4) is 0 Å². The first kappa shape index (κ1) is 7.65. The summed E-state index contributed by atoms with van der Waals surface area (Å²) in [7, 11) is 0. The molecule has 3 N–H and O–H groups in total. The molecule has 1 aromatic rings. The molecular weight excluding hydrogens is 148 g/mol. The Morgan fingerprint density at radius 3 is 3.00 bits per heavy atom. The van der Waals surface area contributed by atoms with E-state index in [1.807, 2.05) is 6.92 Å². The second-order valence-corrected chi connectivity index (χ2v) is 3.34. The number of nitrogens with zero attached hydrogens (tertiary/aromatic N) is 1. The molecular formula is C6H10N2OS. The van der Waals surface area contributed by atoms with Crippen LogP contribution in [-0.2, 0) is 0 Å². The zero-order chi connectivity index (χ0) is 7.56. The first-order valence-corrected chi connectivity index (χ1v) is 3.84. The molecule has 1 atom stereocenters. The van der Waals surface area contributed by atoms with Crippen molar-refractivity contribution < 1.29 is 5.11 Å². The molecule has 1 aromatic heterocycles. The molecule has 0 saturated carbocycles. The van der Waals surface area contributed by atoms with Crippen molar-refractivity contribution in [1.82, 2.24) is 4.98 Å². The predicted molar refractivity (Wildman–Crippen MR) is 40.9 cm³/mol. The van der Waals surface area contributed by atoms with Gasteiger partial charge in [0.25, 0.3) is 0 Å². The van der Waals surface area contributed by atoms with Gasteiger partial charge in [0.1, 0.15) is 0 Å². The highest BCUT2D eigenvalue weighted by molar-refractivity contribution is 7.11. The summed E-state index contributed by atoms with van der Waals surface area (Å²) in [6.45, 7) is 1.90. The van der Waals surface area contributed by atoms with Crippen LogP contribution in [0.15, 0.2) is 6.20 Å². The molecule has 0 saturated heterocycles. The third-order valence-corrected chi connectivity index (χ3v) is 2.25. The van der Waals surface area contributed by atoms with E-state index < -0.39 is 0 Å². The average molecular weight is 158 g/mol. The fourth-order valence-corrected chi connectivity index (χ4v) is 1.42. The van der Waals surface area contributed by atoms with Crippen molar-refractivity contribution in [3.05, 3.63) is 16.1 Å². The molecule has 4 heteroatoms. The van der Waals surface area contributed by atoms with Crippen LogP contribution in [0.1, 0.15) is 15.9 Å². The van der Waals surface area contributed by atoms with Gasteiger partial charge in [-0.05, 0) is 6.92 Å². The van der Waals surface area contributed by atoms with E-state index in [0.717, 1.165) is 9.88 Å². The number of aliphatic hydroxyl groups is 1. The summed E-state index contributed by atoms with van der Waals surface area (Å²) in [5.74, 6) is 0. The number of nitrogens with two attached hydrogens (primary N) is 1. The largest absolute Gasteiger partial charge is 0.394 e. The number of thiazole rings is 1. The maximum Gasteiger partial charge on any atom is 0.0897 e. The van der Waals surface area contributed by atoms with Crippen LogP contribution in [0.25, 0.3) is 0 Å². The Bertz CT molecular complexity index is 211. The lowest BCUT2D eigenvalue weighted by Gasteiger charge is -2.01. The molecule has 0 aliphatic rings. The van der Waals surface area contributed by atoms with Gasteiger partial charge < -0.3 is 10.8 Å². The number of rotatable bonds is 2. The standard InChI is InChI=1S/C6H10N2OS/c1-4-8-2-6(10-4)5(7)3-9/h2,5,9H,3,7H2,1H3/t5-/m1/s1. The second kappa shape index (κ2) is 3.09. The Labute approximate surface area is 63.5 Å². The Morgan fingerprint density at radius 2 is 2.60 bits per heavy atom. The van der Waals surface area contributed by atoms with Gasteiger partial charge in [0.15, 0.2) is 0 Å². The van der Waals surface area contributed by atoms with Gasteiger partial charge >= 0.3 is 0 Å². The lowest BCUT2D eigenvalue weighted by molar-refractivity contribution is 0.269. The van der Waals surface area contributed by atoms with E-state index in [0.29, 0.717) is 0 Å². The lowest BCUT2D eigenvalue weighted by Crippen LogP contribution is -2.12. The molecule has 56 valence electrons. The molecule has 3 nitrogen and oxygen atoms in total. The van der Waals surface area contributed by atoms with Gasteiger partial charge in [0.2, 0.25) is 0 Å². The molecule has 0 aliphatic heterocycles. The Kier molecular flexibility index (Phi) is 2.37.